The van der Waals surface area contributed by atoms with Gasteiger partial charge in [-0.1, -0.05) is 11.6 Å². The molecule has 3 nitrogen and oxygen atoms in total. The molecule has 94 valence electrons. The van der Waals surface area contributed by atoms with E-state index in [1.165, 1.54) is 18.2 Å². The molecule has 0 radical (unpaired) electrons. The van der Waals surface area contributed by atoms with Gasteiger partial charge in [0, 0.05) is 24.0 Å². The number of nitrogens with one attached hydrogen (secondary N) is 2. The highest BCUT2D eigenvalue weighted by molar-refractivity contribution is 6.30. The van der Waals surface area contributed by atoms with E-state index in [9.17, 15) is 9.18 Å². The lowest BCUT2D eigenvalue weighted by Gasteiger charge is -2.10. The third kappa shape index (κ3) is 5.04. The SMILES string of the molecule is CC(C)NC(=O)CCNc1cc(Cl)ccc1F. The Kier molecular flexibility index (Phi) is 5.22. The van der Waals surface area contributed by atoms with Gasteiger partial charge in [0.1, 0.15) is 5.82 Å². The van der Waals surface area contributed by atoms with Crippen molar-refractivity contribution in [1.82, 2.24) is 5.32 Å². The molecule has 2 N–H and O–H groups in total. The van der Waals surface area contributed by atoms with Crippen LogP contribution in [0.15, 0.2) is 18.2 Å². The van der Waals surface area contributed by atoms with E-state index >= 15 is 0 Å². The average Bonchev–Trinajstić information content (AvgIpc) is 2.22. The number of halogens is 2. The molecule has 1 rings (SSSR count). The maximum atomic E-state index is 13.3. The Hall–Kier alpha value is -1.29. The number of amides is 1. The van der Waals surface area contributed by atoms with Gasteiger partial charge in [0.05, 0.1) is 5.69 Å². The number of anilines is 1. The molecule has 0 spiro atoms. The minimum Gasteiger partial charge on any atom is -0.382 e. The molecule has 0 aliphatic rings. The van der Waals surface area contributed by atoms with E-state index in [-0.39, 0.29) is 17.8 Å². The van der Waals surface area contributed by atoms with Crippen LogP contribution in [-0.4, -0.2) is 18.5 Å². The zero-order valence-electron chi connectivity index (χ0n) is 9.89. The highest BCUT2D eigenvalue weighted by atomic mass is 35.5. The summed E-state index contributed by atoms with van der Waals surface area (Å²) in [5.74, 6) is -0.436. The zero-order chi connectivity index (χ0) is 12.8. The summed E-state index contributed by atoms with van der Waals surface area (Å²) in [5, 5.41) is 6.05. The third-order valence-corrected chi connectivity index (χ3v) is 2.28. The van der Waals surface area contributed by atoms with Crippen molar-refractivity contribution in [2.24, 2.45) is 0 Å². The molecule has 0 aliphatic heterocycles. The lowest BCUT2D eigenvalue weighted by atomic mass is 10.3. The summed E-state index contributed by atoms with van der Waals surface area (Å²) in [6.45, 7) is 4.15. The Morgan fingerprint density at radius 2 is 2.18 bits per heavy atom. The minimum atomic E-state index is -0.376. The molecule has 1 aromatic rings. The van der Waals surface area contributed by atoms with Crippen molar-refractivity contribution in [2.75, 3.05) is 11.9 Å². The van der Waals surface area contributed by atoms with Gasteiger partial charge in [-0.3, -0.25) is 4.79 Å². The van der Waals surface area contributed by atoms with Crippen LogP contribution in [-0.2, 0) is 4.79 Å². The standard InChI is InChI=1S/C12H16ClFN2O/c1-8(2)16-12(17)5-6-15-11-7-9(13)3-4-10(11)14/h3-4,7-8,15H,5-6H2,1-2H3,(H,16,17). The number of carbonyl (C=O) groups excluding carboxylic acids is 1. The van der Waals surface area contributed by atoms with Crippen LogP contribution in [0.1, 0.15) is 20.3 Å². The molecule has 0 bridgehead atoms. The molecule has 0 fully saturated rings. The van der Waals surface area contributed by atoms with Gasteiger partial charge >= 0.3 is 0 Å². The predicted octanol–water partition coefficient (Wildman–Crippen LogP) is 2.81. The monoisotopic (exact) mass is 258 g/mol. The van der Waals surface area contributed by atoms with Crippen molar-refractivity contribution < 1.29 is 9.18 Å². The van der Waals surface area contributed by atoms with Gasteiger partial charge in [-0.05, 0) is 32.0 Å². The second-order valence-electron chi connectivity index (χ2n) is 4.02. The van der Waals surface area contributed by atoms with Crippen molar-refractivity contribution in [2.45, 2.75) is 26.3 Å². The fraction of sp³-hybridized carbons (Fsp3) is 0.417. The molecule has 0 heterocycles. The number of carbonyl (C=O) groups is 1. The Labute approximate surface area is 105 Å². The van der Waals surface area contributed by atoms with Crippen LogP contribution in [0.25, 0.3) is 0 Å². The van der Waals surface area contributed by atoms with E-state index in [0.29, 0.717) is 23.7 Å². The van der Waals surface area contributed by atoms with Crippen LogP contribution in [0.4, 0.5) is 10.1 Å². The van der Waals surface area contributed by atoms with Gasteiger partial charge < -0.3 is 10.6 Å². The summed E-state index contributed by atoms with van der Waals surface area (Å²) < 4.78 is 13.3. The van der Waals surface area contributed by atoms with Gasteiger partial charge in [-0.25, -0.2) is 4.39 Å². The van der Waals surface area contributed by atoms with E-state index in [1.54, 1.807) is 0 Å². The van der Waals surface area contributed by atoms with Crippen LogP contribution in [0.5, 0.6) is 0 Å². The van der Waals surface area contributed by atoms with Crippen molar-refractivity contribution in [1.29, 1.82) is 0 Å². The maximum absolute atomic E-state index is 13.3. The Morgan fingerprint density at radius 1 is 1.47 bits per heavy atom. The highest BCUT2D eigenvalue weighted by Gasteiger charge is 2.05. The molecular weight excluding hydrogens is 243 g/mol. The first-order valence-electron chi connectivity index (χ1n) is 5.47. The first kappa shape index (κ1) is 13.8. The molecule has 0 aliphatic carbocycles. The van der Waals surface area contributed by atoms with E-state index in [1.807, 2.05) is 13.8 Å². The molecule has 17 heavy (non-hydrogen) atoms. The largest absolute Gasteiger partial charge is 0.382 e. The lowest BCUT2D eigenvalue weighted by Crippen LogP contribution is -2.31. The van der Waals surface area contributed by atoms with Crippen LogP contribution < -0.4 is 10.6 Å². The van der Waals surface area contributed by atoms with Crippen molar-refractivity contribution in [3.8, 4) is 0 Å². The third-order valence-electron chi connectivity index (χ3n) is 2.05. The summed E-state index contributed by atoms with van der Waals surface area (Å²) >= 11 is 5.74. The highest BCUT2D eigenvalue weighted by Crippen LogP contribution is 2.19. The van der Waals surface area contributed by atoms with Crippen molar-refractivity contribution >= 4 is 23.2 Å². The van der Waals surface area contributed by atoms with E-state index in [2.05, 4.69) is 10.6 Å². The number of hydrogen-bond acceptors (Lipinski definition) is 2. The van der Waals surface area contributed by atoms with Crippen LogP contribution >= 0.6 is 11.6 Å². The molecule has 5 heteroatoms. The Morgan fingerprint density at radius 3 is 2.82 bits per heavy atom. The quantitative estimate of drug-likeness (QED) is 0.853. The van der Waals surface area contributed by atoms with E-state index in [0.717, 1.165) is 0 Å². The molecule has 0 aromatic heterocycles. The molecule has 0 saturated carbocycles. The second kappa shape index (κ2) is 6.45. The number of hydrogen-bond donors (Lipinski definition) is 2. The summed E-state index contributed by atoms with van der Waals surface area (Å²) in [4.78, 5) is 11.3. The summed E-state index contributed by atoms with van der Waals surface area (Å²) in [6, 6.07) is 4.38. The molecular formula is C12H16ClFN2O. The van der Waals surface area contributed by atoms with Crippen molar-refractivity contribution in [3.63, 3.8) is 0 Å². The smallest absolute Gasteiger partial charge is 0.221 e. The summed E-state index contributed by atoms with van der Waals surface area (Å²) in [6.07, 6.45) is 0.296. The van der Waals surface area contributed by atoms with Gasteiger partial charge in [0.15, 0.2) is 0 Å². The Balaban J connectivity index is 2.40. The van der Waals surface area contributed by atoms with Gasteiger partial charge in [-0.15, -0.1) is 0 Å². The van der Waals surface area contributed by atoms with E-state index in [4.69, 9.17) is 11.6 Å². The fourth-order valence-corrected chi connectivity index (χ4v) is 1.51. The molecule has 1 aromatic carbocycles. The predicted molar refractivity (Wildman–Crippen MR) is 67.8 cm³/mol. The topological polar surface area (TPSA) is 41.1 Å². The summed E-state index contributed by atoms with van der Waals surface area (Å²) in [5.41, 5.74) is 0.315. The van der Waals surface area contributed by atoms with Crippen LogP contribution in [0, 0.1) is 5.82 Å². The minimum absolute atomic E-state index is 0.0602. The van der Waals surface area contributed by atoms with Gasteiger partial charge in [0.2, 0.25) is 5.91 Å². The molecule has 0 saturated heterocycles. The van der Waals surface area contributed by atoms with E-state index < -0.39 is 0 Å². The lowest BCUT2D eigenvalue weighted by molar-refractivity contribution is -0.121. The average molecular weight is 259 g/mol. The zero-order valence-corrected chi connectivity index (χ0v) is 10.6. The van der Waals surface area contributed by atoms with Crippen LogP contribution in [0.2, 0.25) is 5.02 Å². The first-order chi connectivity index (χ1) is 7.99. The number of benzene rings is 1. The molecule has 1 amide bonds. The fourth-order valence-electron chi connectivity index (χ4n) is 1.34. The first-order valence-corrected chi connectivity index (χ1v) is 5.85. The molecule has 0 unspecified atom stereocenters. The maximum Gasteiger partial charge on any atom is 0.221 e. The normalized spacial score (nSPS) is 10.4. The van der Waals surface area contributed by atoms with Crippen molar-refractivity contribution in [3.05, 3.63) is 29.0 Å². The van der Waals surface area contributed by atoms with Gasteiger partial charge in [0.25, 0.3) is 0 Å². The van der Waals surface area contributed by atoms with Crippen LogP contribution in [0.3, 0.4) is 0 Å². The summed E-state index contributed by atoms with van der Waals surface area (Å²) in [7, 11) is 0. The van der Waals surface area contributed by atoms with Gasteiger partial charge in [-0.2, -0.15) is 0 Å². The number of rotatable bonds is 5. The molecule has 0 atom stereocenters. The second-order valence-corrected chi connectivity index (χ2v) is 4.46. The Bertz CT molecular complexity index is 396.